The molecule has 1 aromatic rings. The lowest BCUT2D eigenvalue weighted by Gasteiger charge is -2.02. The normalized spacial score (nSPS) is 9.00. The van der Waals surface area contributed by atoms with Crippen LogP contribution in [0.4, 0.5) is 0 Å². The number of ether oxygens (including phenoxy) is 1. The number of hydrogen-bond acceptors (Lipinski definition) is 2. The van der Waals surface area contributed by atoms with E-state index in [4.69, 9.17) is 10.00 Å². The maximum atomic E-state index is 8.51. The predicted molar refractivity (Wildman–Crippen MR) is 46.9 cm³/mol. The van der Waals surface area contributed by atoms with Gasteiger partial charge in [0.2, 0.25) is 0 Å². The third-order valence-corrected chi connectivity index (χ3v) is 1.46. The molecule has 0 bridgehead atoms. The zero-order valence-electron chi connectivity index (χ0n) is 7.08. The Hall–Kier alpha value is -1.49. The summed E-state index contributed by atoms with van der Waals surface area (Å²) < 4.78 is 5.35. The van der Waals surface area contributed by atoms with Gasteiger partial charge in [0.15, 0.2) is 0 Å². The van der Waals surface area contributed by atoms with Crippen molar-refractivity contribution in [2.45, 2.75) is 13.3 Å². The SMILES string of the molecule is CCCOc1ccc(C#N)cc1. The fourth-order valence-corrected chi connectivity index (χ4v) is 0.846. The van der Waals surface area contributed by atoms with Gasteiger partial charge in [-0.05, 0) is 30.7 Å². The highest BCUT2D eigenvalue weighted by Gasteiger charge is 1.92. The van der Waals surface area contributed by atoms with Crippen LogP contribution in [0.3, 0.4) is 0 Å². The molecule has 0 aromatic heterocycles. The first-order valence-electron chi connectivity index (χ1n) is 3.99. The summed E-state index contributed by atoms with van der Waals surface area (Å²) in [5, 5.41) is 8.51. The highest BCUT2D eigenvalue weighted by molar-refractivity contribution is 5.34. The molecule has 0 N–H and O–H groups in total. The lowest BCUT2D eigenvalue weighted by atomic mass is 10.2. The van der Waals surface area contributed by atoms with Gasteiger partial charge in [-0.25, -0.2) is 0 Å². The van der Waals surface area contributed by atoms with Crippen molar-refractivity contribution in [2.75, 3.05) is 6.61 Å². The molecule has 0 saturated carbocycles. The molecule has 12 heavy (non-hydrogen) atoms. The molecule has 0 heterocycles. The van der Waals surface area contributed by atoms with Crippen molar-refractivity contribution in [1.82, 2.24) is 0 Å². The summed E-state index contributed by atoms with van der Waals surface area (Å²) in [6.07, 6.45) is 1.00. The van der Waals surface area contributed by atoms with Crippen LogP contribution in [0, 0.1) is 11.3 Å². The second kappa shape index (κ2) is 4.40. The van der Waals surface area contributed by atoms with Crippen molar-refractivity contribution >= 4 is 0 Å². The molecule has 0 fully saturated rings. The molecule has 0 amide bonds. The molecular weight excluding hydrogens is 150 g/mol. The Morgan fingerprint density at radius 1 is 1.33 bits per heavy atom. The van der Waals surface area contributed by atoms with E-state index in [2.05, 4.69) is 13.0 Å². The standard InChI is InChI=1S/C10H11NO/c1-2-7-12-10-5-3-9(8-11)4-6-10/h3-6H,2,7H2,1H3. The summed E-state index contributed by atoms with van der Waals surface area (Å²) >= 11 is 0. The summed E-state index contributed by atoms with van der Waals surface area (Å²) in [6.45, 7) is 2.79. The number of rotatable bonds is 3. The molecule has 1 rings (SSSR count). The number of hydrogen-bond donors (Lipinski definition) is 0. The van der Waals surface area contributed by atoms with E-state index in [1.54, 1.807) is 12.1 Å². The van der Waals surface area contributed by atoms with Crippen LogP contribution in [0.2, 0.25) is 0 Å². The van der Waals surface area contributed by atoms with Crippen molar-refractivity contribution in [3.8, 4) is 11.8 Å². The molecular formula is C10H11NO. The first-order chi connectivity index (χ1) is 5.86. The summed E-state index contributed by atoms with van der Waals surface area (Å²) in [6, 6.07) is 9.19. The van der Waals surface area contributed by atoms with Crippen molar-refractivity contribution in [2.24, 2.45) is 0 Å². The Kier molecular flexibility index (Phi) is 3.16. The molecule has 0 saturated heterocycles. The van der Waals surface area contributed by atoms with Gasteiger partial charge in [-0.1, -0.05) is 6.92 Å². The van der Waals surface area contributed by atoms with Gasteiger partial charge < -0.3 is 4.74 Å². The highest BCUT2D eigenvalue weighted by Crippen LogP contribution is 2.11. The Balaban J connectivity index is 2.60. The van der Waals surface area contributed by atoms with Gasteiger partial charge in [0.1, 0.15) is 5.75 Å². The largest absolute Gasteiger partial charge is 0.494 e. The van der Waals surface area contributed by atoms with Crippen LogP contribution in [-0.4, -0.2) is 6.61 Å². The van der Waals surface area contributed by atoms with Gasteiger partial charge in [-0.2, -0.15) is 5.26 Å². The highest BCUT2D eigenvalue weighted by atomic mass is 16.5. The zero-order valence-corrected chi connectivity index (χ0v) is 7.08. The van der Waals surface area contributed by atoms with Crippen LogP contribution in [0.1, 0.15) is 18.9 Å². The van der Waals surface area contributed by atoms with E-state index in [1.165, 1.54) is 0 Å². The van der Waals surface area contributed by atoms with E-state index < -0.39 is 0 Å². The second-order valence-corrected chi connectivity index (χ2v) is 2.48. The minimum atomic E-state index is 0.666. The first kappa shape index (κ1) is 8.61. The van der Waals surface area contributed by atoms with Gasteiger partial charge in [-0.15, -0.1) is 0 Å². The molecule has 0 aliphatic heterocycles. The van der Waals surface area contributed by atoms with E-state index in [-0.39, 0.29) is 0 Å². The van der Waals surface area contributed by atoms with Crippen LogP contribution in [0.15, 0.2) is 24.3 Å². The molecule has 0 unspecified atom stereocenters. The number of nitriles is 1. The summed E-state index contributed by atoms with van der Waals surface area (Å²) in [7, 11) is 0. The average molecular weight is 161 g/mol. The first-order valence-corrected chi connectivity index (χ1v) is 3.99. The van der Waals surface area contributed by atoms with Crippen LogP contribution in [0.25, 0.3) is 0 Å². The Bertz CT molecular complexity index is 271. The monoisotopic (exact) mass is 161 g/mol. The van der Waals surface area contributed by atoms with E-state index in [9.17, 15) is 0 Å². The third kappa shape index (κ3) is 2.28. The van der Waals surface area contributed by atoms with E-state index in [0.29, 0.717) is 5.56 Å². The third-order valence-electron chi connectivity index (χ3n) is 1.46. The van der Waals surface area contributed by atoms with E-state index in [0.717, 1.165) is 18.8 Å². The van der Waals surface area contributed by atoms with Gasteiger partial charge in [0.25, 0.3) is 0 Å². The molecule has 1 aromatic carbocycles. The van der Waals surface area contributed by atoms with E-state index >= 15 is 0 Å². The van der Waals surface area contributed by atoms with E-state index in [1.807, 2.05) is 12.1 Å². The quantitative estimate of drug-likeness (QED) is 0.681. The van der Waals surface area contributed by atoms with Gasteiger partial charge in [-0.3, -0.25) is 0 Å². The molecule has 2 nitrogen and oxygen atoms in total. The molecule has 0 radical (unpaired) electrons. The van der Waals surface area contributed by atoms with Crippen molar-refractivity contribution in [3.05, 3.63) is 29.8 Å². The molecule has 0 aliphatic carbocycles. The second-order valence-electron chi connectivity index (χ2n) is 2.48. The average Bonchev–Trinajstić information content (AvgIpc) is 2.15. The Labute approximate surface area is 72.4 Å². The van der Waals surface area contributed by atoms with Crippen LogP contribution in [0.5, 0.6) is 5.75 Å². The fraction of sp³-hybridized carbons (Fsp3) is 0.300. The summed E-state index contributed by atoms with van der Waals surface area (Å²) in [5.41, 5.74) is 0.666. The van der Waals surface area contributed by atoms with Crippen molar-refractivity contribution in [3.63, 3.8) is 0 Å². The molecule has 0 atom stereocenters. The fourth-order valence-electron chi connectivity index (χ4n) is 0.846. The Morgan fingerprint density at radius 3 is 2.50 bits per heavy atom. The Morgan fingerprint density at radius 2 is 2.00 bits per heavy atom. The number of nitrogens with zero attached hydrogens (tertiary/aromatic N) is 1. The van der Waals surface area contributed by atoms with Crippen LogP contribution >= 0.6 is 0 Å². The maximum absolute atomic E-state index is 8.51. The molecule has 62 valence electrons. The van der Waals surface area contributed by atoms with Gasteiger partial charge in [0, 0.05) is 0 Å². The van der Waals surface area contributed by atoms with Crippen molar-refractivity contribution < 1.29 is 4.74 Å². The lowest BCUT2D eigenvalue weighted by Crippen LogP contribution is -1.94. The zero-order chi connectivity index (χ0) is 8.81. The van der Waals surface area contributed by atoms with Crippen molar-refractivity contribution in [1.29, 1.82) is 5.26 Å². The lowest BCUT2D eigenvalue weighted by molar-refractivity contribution is 0.317. The summed E-state index contributed by atoms with van der Waals surface area (Å²) in [5.74, 6) is 0.829. The van der Waals surface area contributed by atoms with Crippen LogP contribution < -0.4 is 4.74 Å². The summed E-state index contributed by atoms with van der Waals surface area (Å²) in [4.78, 5) is 0. The molecule has 0 spiro atoms. The minimum Gasteiger partial charge on any atom is -0.494 e. The van der Waals surface area contributed by atoms with Gasteiger partial charge >= 0.3 is 0 Å². The minimum absolute atomic E-state index is 0.666. The topological polar surface area (TPSA) is 33.0 Å². The maximum Gasteiger partial charge on any atom is 0.119 e. The predicted octanol–water partition coefficient (Wildman–Crippen LogP) is 2.35. The smallest absolute Gasteiger partial charge is 0.119 e. The van der Waals surface area contributed by atoms with Crippen LogP contribution in [-0.2, 0) is 0 Å². The molecule has 2 heteroatoms. The van der Waals surface area contributed by atoms with Gasteiger partial charge in [0.05, 0.1) is 18.2 Å². The number of benzene rings is 1. The molecule has 0 aliphatic rings.